The van der Waals surface area contributed by atoms with Gasteiger partial charge in [-0.3, -0.25) is 24.3 Å². The minimum Gasteiger partial charge on any atom is -0.497 e. The second-order valence-corrected chi connectivity index (χ2v) is 9.60. The topological polar surface area (TPSA) is 140 Å². The summed E-state index contributed by atoms with van der Waals surface area (Å²) in [5.74, 6) is 0.742. The molecular weight excluding hydrogens is 544 g/mol. The van der Waals surface area contributed by atoms with Gasteiger partial charge in [0.15, 0.2) is 5.57 Å². The molecule has 0 unspecified atom stereocenters. The molecule has 0 spiro atoms. The molecule has 10 nitrogen and oxygen atoms in total. The Labute approximate surface area is 236 Å². The van der Waals surface area contributed by atoms with Gasteiger partial charge in [0.05, 0.1) is 22.3 Å². The Bertz CT molecular complexity index is 1970. The third-order valence-electron chi connectivity index (χ3n) is 6.00. The number of nitriles is 1. The summed E-state index contributed by atoms with van der Waals surface area (Å²) in [6, 6.07) is 26.5. The SMILES string of the molecule is COc1ccc(NC(=O)/C(C#N)=c2/s/c(=C\c3ccc(-c4ccc([N+](=O)[O-])cc4)o3)c(=O)n2-c2ccccc2)cc1. The van der Waals surface area contributed by atoms with E-state index in [0.717, 1.165) is 11.3 Å². The number of nitrogens with zero attached hydrogens (tertiary/aromatic N) is 3. The summed E-state index contributed by atoms with van der Waals surface area (Å²) in [5, 5.41) is 23.6. The number of thiazole rings is 1. The summed E-state index contributed by atoms with van der Waals surface area (Å²) in [5.41, 5.74) is 0.848. The number of amides is 1. The first-order chi connectivity index (χ1) is 19.9. The number of nitro benzene ring substituents is 1. The minimum atomic E-state index is -0.673. The molecule has 1 N–H and O–H groups in total. The van der Waals surface area contributed by atoms with Crippen molar-refractivity contribution in [1.29, 1.82) is 5.26 Å². The van der Waals surface area contributed by atoms with Gasteiger partial charge in [0.1, 0.15) is 28.0 Å². The zero-order chi connectivity index (χ0) is 28.9. The molecule has 0 bridgehead atoms. The lowest BCUT2D eigenvalue weighted by atomic mass is 10.1. The first-order valence-electron chi connectivity index (χ1n) is 12.1. The van der Waals surface area contributed by atoms with E-state index in [0.29, 0.717) is 34.2 Å². The Hall–Kier alpha value is -5.73. The third-order valence-corrected chi connectivity index (χ3v) is 7.09. The van der Waals surface area contributed by atoms with Gasteiger partial charge < -0.3 is 14.5 Å². The average molecular weight is 565 g/mol. The van der Waals surface area contributed by atoms with Crippen LogP contribution >= 0.6 is 11.3 Å². The zero-order valence-electron chi connectivity index (χ0n) is 21.4. The fourth-order valence-corrected chi connectivity index (χ4v) is 5.07. The van der Waals surface area contributed by atoms with Crippen molar-refractivity contribution in [3.8, 4) is 28.8 Å². The Morgan fingerprint density at radius 2 is 1.76 bits per heavy atom. The van der Waals surface area contributed by atoms with Gasteiger partial charge in [0, 0.05) is 29.5 Å². The third kappa shape index (κ3) is 5.68. The minimum absolute atomic E-state index is 0.0414. The number of rotatable bonds is 7. The van der Waals surface area contributed by atoms with Crippen molar-refractivity contribution in [1.82, 2.24) is 4.57 Å². The fourth-order valence-electron chi connectivity index (χ4n) is 3.99. The monoisotopic (exact) mass is 564 g/mol. The van der Waals surface area contributed by atoms with Crippen LogP contribution in [0.4, 0.5) is 11.4 Å². The number of furan rings is 1. The van der Waals surface area contributed by atoms with E-state index in [2.05, 4.69) is 5.32 Å². The summed E-state index contributed by atoms with van der Waals surface area (Å²) in [6.45, 7) is 0. The van der Waals surface area contributed by atoms with Gasteiger partial charge in [-0.1, -0.05) is 18.2 Å². The number of nitrogens with one attached hydrogen (secondary N) is 1. The predicted molar refractivity (Wildman–Crippen MR) is 154 cm³/mol. The highest BCUT2D eigenvalue weighted by Gasteiger charge is 2.18. The molecule has 2 aromatic heterocycles. The zero-order valence-corrected chi connectivity index (χ0v) is 22.3. The van der Waals surface area contributed by atoms with E-state index in [1.807, 2.05) is 6.07 Å². The molecular formula is C30H20N4O6S. The maximum atomic E-state index is 13.6. The number of carbonyl (C=O) groups excluding carboxylic acids is 1. The molecule has 1 amide bonds. The number of hydrogen-bond donors (Lipinski definition) is 1. The van der Waals surface area contributed by atoms with E-state index in [-0.39, 0.29) is 20.5 Å². The lowest BCUT2D eigenvalue weighted by Crippen LogP contribution is -2.32. The number of nitro groups is 1. The van der Waals surface area contributed by atoms with Crippen molar-refractivity contribution >= 4 is 40.3 Å². The van der Waals surface area contributed by atoms with Crippen LogP contribution in [0.15, 0.2) is 100 Å². The van der Waals surface area contributed by atoms with Gasteiger partial charge in [0.2, 0.25) is 0 Å². The summed E-state index contributed by atoms with van der Waals surface area (Å²) < 4.78 is 12.7. The standard InChI is InChI=1S/C30H20N4O6S/c1-39-23-13-9-20(10-14-23)32-28(35)25(18-31)30-33(21-5-3-2-4-6-21)29(36)27(41-30)17-24-15-16-26(40-24)19-7-11-22(12-8-19)34(37)38/h2-17H,1H3,(H,32,35)/b27-17-,30-25+. The van der Waals surface area contributed by atoms with Crippen LogP contribution in [0.25, 0.3) is 28.7 Å². The van der Waals surface area contributed by atoms with Gasteiger partial charge >= 0.3 is 0 Å². The number of carbonyl (C=O) groups is 1. The molecule has 41 heavy (non-hydrogen) atoms. The van der Waals surface area contributed by atoms with Gasteiger partial charge in [-0.25, -0.2) is 0 Å². The molecule has 0 saturated heterocycles. The van der Waals surface area contributed by atoms with Gasteiger partial charge in [-0.05, 0) is 60.7 Å². The quantitative estimate of drug-likeness (QED) is 0.231. The summed E-state index contributed by atoms with van der Waals surface area (Å²) >= 11 is 0.983. The van der Waals surface area contributed by atoms with Crippen LogP contribution in [0.3, 0.4) is 0 Å². The molecule has 0 saturated carbocycles. The number of aromatic nitrogens is 1. The van der Waals surface area contributed by atoms with Crippen LogP contribution in [-0.2, 0) is 4.79 Å². The van der Waals surface area contributed by atoms with E-state index in [9.17, 15) is 25.0 Å². The Kier molecular flexibility index (Phi) is 7.58. The molecule has 11 heteroatoms. The number of para-hydroxylation sites is 1. The van der Waals surface area contributed by atoms with Crippen molar-refractivity contribution in [2.75, 3.05) is 12.4 Å². The molecule has 202 valence electrons. The molecule has 5 aromatic rings. The van der Waals surface area contributed by atoms with Crippen molar-refractivity contribution < 1.29 is 18.9 Å². The highest BCUT2D eigenvalue weighted by molar-refractivity contribution is 7.07. The van der Waals surface area contributed by atoms with E-state index in [1.54, 1.807) is 78.9 Å². The van der Waals surface area contributed by atoms with Crippen LogP contribution < -0.4 is 24.8 Å². The summed E-state index contributed by atoms with van der Waals surface area (Å²) in [6.07, 6.45) is 1.53. The highest BCUT2D eigenvalue weighted by Crippen LogP contribution is 2.25. The van der Waals surface area contributed by atoms with Crippen LogP contribution in [0.1, 0.15) is 5.76 Å². The van der Waals surface area contributed by atoms with E-state index < -0.39 is 16.4 Å². The number of anilines is 1. The second kappa shape index (κ2) is 11.6. The predicted octanol–water partition coefficient (Wildman–Crippen LogP) is 4.22. The van der Waals surface area contributed by atoms with E-state index in [1.165, 1.54) is 29.9 Å². The first kappa shape index (κ1) is 26.9. The van der Waals surface area contributed by atoms with Crippen LogP contribution in [0.5, 0.6) is 5.75 Å². The average Bonchev–Trinajstić information content (AvgIpc) is 3.59. The van der Waals surface area contributed by atoms with Crippen molar-refractivity contribution in [2.45, 2.75) is 0 Å². The number of benzene rings is 3. The summed E-state index contributed by atoms with van der Waals surface area (Å²) in [7, 11) is 1.53. The molecule has 0 aliphatic rings. The molecule has 5 rings (SSSR count). The molecule has 0 aliphatic carbocycles. The van der Waals surface area contributed by atoms with Crippen LogP contribution in [0, 0.1) is 21.4 Å². The molecule has 0 atom stereocenters. The first-order valence-corrected chi connectivity index (χ1v) is 12.9. The number of non-ortho nitro benzene ring substituents is 1. The van der Waals surface area contributed by atoms with Gasteiger partial charge in [-0.15, -0.1) is 11.3 Å². The molecule has 2 heterocycles. The van der Waals surface area contributed by atoms with Crippen molar-refractivity contribution in [3.05, 3.63) is 126 Å². The highest BCUT2D eigenvalue weighted by atomic mass is 32.1. The summed E-state index contributed by atoms with van der Waals surface area (Å²) in [4.78, 5) is 37.3. The molecule has 0 fully saturated rings. The maximum Gasteiger partial charge on any atom is 0.273 e. The smallest absolute Gasteiger partial charge is 0.273 e. The normalized spacial score (nSPS) is 12.0. The van der Waals surface area contributed by atoms with Crippen molar-refractivity contribution in [3.63, 3.8) is 0 Å². The Morgan fingerprint density at radius 3 is 2.39 bits per heavy atom. The molecule has 0 aliphatic heterocycles. The fraction of sp³-hybridized carbons (Fsp3) is 0.0333. The number of hydrogen-bond acceptors (Lipinski definition) is 8. The Morgan fingerprint density at radius 1 is 1.05 bits per heavy atom. The molecule has 0 radical (unpaired) electrons. The molecule has 3 aromatic carbocycles. The van der Waals surface area contributed by atoms with E-state index in [4.69, 9.17) is 9.15 Å². The lowest BCUT2D eigenvalue weighted by Gasteiger charge is -2.06. The number of ether oxygens (including phenoxy) is 1. The van der Waals surface area contributed by atoms with Crippen molar-refractivity contribution in [2.24, 2.45) is 0 Å². The maximum absolute atomic E-state index is 13.6. The second-order valence-electron chi connectivity index (χ2n) is 8.57. The lowest BCUT2D eigenvalue weighted by molar-refractivity contribution is -0.384. The Balaban J connectivity index is 1.60. The van der Waals surface area contributed by atoms with E-state index >= 15 is 0 Å². The number of methoxy groups -OCH3 is 1. The van der Waals surface area contributed by atoms with Gasteiger partial charge in [0.25, 0.3) is 17.2 Å². The van der Waals surface area contributed by atoms with Gasteiger partial charge in [-0.2, -0.15) is 5.26 Å². The van der Waals surface area contributed by atoms with Crippen LogP contribution in [-0.4, -0.2) is 22.5 Å². The largest absolute Gasteiger partial charge is 0.497 e. The van der Waals surface area contributed by atoms with Crippen LogP contribution in [0.2, 0.25) is 0 Å².